The Morgan fingerprint density at radius 3 is 2.60 bits per heavy atom. The standard InChI is InChI=1S/C18H20N2/c1-3-18(2)12-13-8-4-6-10-15(13)20-16-11-7-5-9-14(16)19-17(18)20/h4-11,17,19H,3,12H2,1-2H3/t17?,18-/m1/s1. The Labute approximate surface area is 120 Å². The summed E-state index contributed by atoms with van der Waals surface area (Å²) < 4.78 is 0. The number of nitrogens with one attached hydrogen (secondary N) is 1. The van der Waals surface area contributed by atoms with Crippen molar-refractivity contribution in [3.05, 3.63) is 54.1 Å². The summed E-state index contributed by atoms with van der Waals surface area (Å²) in [5.41, 5.74) is 5.65. The van der Waals surface area contributed by atoms with Crippen LogP contribution < -0.4 is 10.2 Å². The summed E-state index contributed by atoms with van der Waals surface area (Å²) in [4.78, 5) is 2.50. The molecule has 2 aliphatic heterocycles. The lowest BCUT2D eigenvalue weighted by atomic mass is 9.74. The second-order valence-corrected chi connectivity index (χ2v) is 6.25. The minimum absolute atomic E-state index is 0.257. The highest BCUT2D eigenvalue weighted by molar-refractivity contribution is 5.84. The number of hydrogen-bond donors (Lipinski definition) is 1. The minimum Gasteiger partial charge on any atom is -0.363 e. The zero-order valence-corrected chi connectivity index (χ0v) is 12.1. The summed E-state index contributed by atoms with van der Waals surface area (Å²) in [7, 11) is 0. The van der Waals surface area contributed by atoms with Gasteiger partial charge in [0.15, 0.2) is 0 Å². The third-order valence-corrected chi connectivity index (χ3v) is 5.03. The van der Waals surface area contributed by atoms with Crippen LogP contribution in [0.1, 0.15) is 25.8 Å². The molecule has 2 aliphatic rings. The second kappa shape index (κ2) is 4.02. The van der Waals surface area contributed by atoms with Crippen LogP contribution in [0.2, 0.25) is 0 Å². The molecular formula is C18H20N2. The summed E-state index contributed by atoms with van der Waals surface area (Å²) in [6.45, 7) is 4.70. The van der Waals surface area contributed by atoms with E-state index in [0.717, 1.165) is 6.42 Å². The second-order valence-electron chi connectivity index (χ2n) is 6.25. The highest BCUT2D eigenvalue weighted by Gasteiger charge is 2.46. The van der Waals surface area contributed by atoms with Gasteiger partial charge in [-0.3, -0.25) is 0 Å². The molecule has 2 atom stereocenters. The summed E-state index contributed by atoms with van der Waals surface area (Å²) in [5, 5.41) is 3.74. The smallest absolute Gasteiger partial charge is 0.110 e. The number of rotatable bonds is 1. The van der Waals surface area contributed by atoms with Crippen molar-refractivity contribution >= 4 is 17.1 Å². The van der Waals surface area contributed by atoms with Crippen LogP contribution >= 0.6 is 0 Å². The topological polar surface area (TPSA) is 15.3 Å². The number of para-hydroxylation sites is 3. The molecule has 20 heavy (non-hydrogen) atoms. The fourth-order valence-electron chi connectivity index (χ4n) is 3.66. The summed E-state index contributed by atoms with van der Waals surface area (Å²) >= 11 is 0. The van der Waals surface area contributed by atoms with Crippen LogP contribution in [0.25, 0.3) is 0 Å². The molecule has 2 aromatic carbocycles. The van der Waals surface area contributed by atoms with Crippen molar-refractivity contribution in [1.29, 1.82) is 0 Å². The molecule has 102 valence electrons. The van der Waals surface area contributed by atoms with Crippen LogP contribution in [0.4, 0.5) is 17.1 Å². The molecule has 2 heterocycles. The largest absolute Gasteiger partial charge is 0.363 e. The van der Waals surface area contributed by atoms with Crippen molar-refractivity contribution in [3.63, 3.8) is 0 Å². The Hall–Kier alpha value is -1.96. The molecule has 0 saturated heterocycles. The molecule has 2 heteroatoms. The third-order valence-electron chi connectivity index (χ3n) is 5.03. The Kier molecular flexibility index (Phi) is 2.38. The Bertz CT molecular complexity index is 664. The molecule has 0 saturated carbocycles. The summed E-state index contributed by atoms with van der Waals surface area (Å²) in [6, 6.07) is 17.5. The Morgan fingerprint density at radius 2 is 1.80 bits per heavy atom. The quantitative estimate of drug-likeness (QED) is 0.813. The van der Waals surface area contributed by atoms with Gasteiger partial charge >= 0.3 is 0 Å². The fourth-order valence-corrected chi connectivity index (χ4v) is 3.66. The normalized spacial score (nSPS) is 26.5. The maximum Gasteiger partial charge on any atom is 0.110 e. The third kappa shape index (κ3) is 1.45. The molecule has 2 aromatic rings. The van der Waals surface area contributed by atoms with Crippen LogP contribution in [0, 0.1) is 5.41 Å². The van der Waals surface area contributed by atoms with E-state index in [1.54, 1.807) is 0 Å². The van der Waals surface area contributed by atoms with Crippen LogP contribution in [-0.2, 0) is 6.42 Å². The van der Waals surface area contributed by atoms with Crippen LogP contribution in [0.3, 0.4) is 0 Å². The first-order valence-corrected chi connectivity index (χ1v) is 7.46. The average Bonchev–Trinajstić information content (AvgIpc) is 2.88. The molecular weight excluding hydrogens is 244 g/mol. The van der Waals surface area contributed by atoms with Crippen LogP contribution in [0.15, 0.2) is 48.5 Å². The first kappa shape index (κ1) is 11.8. The zero-order valence-electron chi connectivity index (χ0n) is 12.1. The van der Waals surface area contributed by atoms with Gasteiger partial charge in [-0.2, -0.15) is 0 Å². The van der Waals surface area contributed by atoms with E-state index in [-0.39, 0.29) is 5.41 Å². The van der Waals surface area contributed by atoms with Crippen LogP contribution in [0.5, 0.6) is 0 Å². The van der Waals surface area contributed by atoms with E-state index in [4.69, 9.17) is 0 Å². The van der Waals surface area contributed by atoms with E-state index in [1.165, 1.54) is 29.0 Å². The lowest BCUT2D eigenvalue weighted by Gasteiger charge is -2.46. The molecule has 0 aliphatic carbocycles. The van der Waals surface area contributed by atoms with Gasteiger partial charge in [0.25, 0.3) is 0 Å². The molecule has 0 radical (unpaired) electrons. The monoisotopic (exact) mass is 264 g/mol. The maximum absolute atomic E-state index is 3.74. The molecule has 0 spiro atoms. The van der Waals surface area contributed by atoms with Crippen molar-refractivity contribution in [2.75, 3.05) is 10.2 Å². The van der Waals surface area contributed by atoms with E-state index in [0.29, 0.717) is 6.17 Å². The first-order chi connectivity index (χ1) is 9.73. The molecule has 0 aromatic heterocycles. The van der Waals surface area contributed by atoms with Gasteiger partial charge in [-0.25, -0.2) is 0 Å². The number of benzene rings is 2. The van der Waals surface area contributed by atoms with Gasteiger partial charge in [-0.1, -0.05) is 44.2 Å². The summed E-state index contributed by atoms with van der Waals surface area (Å²) in [5.74, 6) is 0. The van der Waals surface area contributed by atoms with Crippen molar-refractivity contribution in [2.24, 2.45) is 5.41 Å². The van der Waals surface area contributed by atoms with E-state index < -0.39 is 0 Å². The molecule has 1 N–H and O–H groups in total. The van der Waals surface area contributed by atoms with Gasteiger partial charge in [0.05, 0.1) is 11.4 Å². The van der Waals surface area contributed by atoms with Gasteiger partial charge in [-0.05, 0) is 36.6 Å². The van der Waals surface area contributed by atoms with Crippen molar-refractivity contribution in [1.82, 2.24) is 0 Å². The van der Waals surface area contributed by atoms with Crippen molar-refractivity contribution in [2.45, 2.75) is 32.9 Å². The molecule has 0 bridgehead atoms. The van der Waals surface area contributed by atoms with E-state index >= 15 is 0 Å². The highest BCUT2D eigenvalue weighted by atomic mass is 15.4. The molecule has 0 amide bonds. The maximum atomic E-state index is 3.74. The molecule has 4 rings (SSSR count). The fraction of sp³-hybridized carbons (Fsp3) is 0.333. The van der Waals surface area contributed by atoms with E-state index in [2.05, 4.69) is 72.6 Å². The van der Waals surface area contributed by atoms with Gasteiger partial charge in [0.1, 0.15) is 6.17 Å². The SMILES string of the molecule is CC[C@]1(C)Cc2ccccc2N2c3ccccc3NC21. The molecule has 0 fully saturated rings. The van der Waals surface area contributed by atoms with E-state index in [9.17, 15) is 0 Å². The van der Waals surface area contributed by atoms with Gasteiger partial charge in [-0.15, -0.1) is 0 Å². The highest BCUT2D eigenvalue weighted by Crippen LogP contribution is 2.51. The van der Waals surface area contributed by atoms with Gasteiger partial charge in [0.2, 0.25) is 0 Å². The minimum atomic E-state index is 0.257. The van der Waals surface area contributed by atoms with E-state index in [1.807, 2.05) is 0 Å². The predicted octanol–water partition coefficient (Wildman–Crippen LogP) is 4.55. The Morgan fingerprint density at radius 1 is 1.10 bits per heavy atom. The van der Waals surface area contributed by atoms with Crippen molar-refractivity contribution < 1.29 is 0 Å². The number of anilines is 3. The molecule has 1 unspecified atom stereocenters. The lowest BCUT2D eigenvalue weighted by molar-refractivity contribution is 0.252. The summed E-state index contributed by atoms with van der Waals surface area (Å²) in [6.07, 6.45) is 2.67. The number of fused-ring (bicyclic) bond motifs is 5. The first-order valence-electron chi connectivity index (χ1n) is 7.46. The van der Waals surface area contributed by atoms with Crippen molar-refractivity contribution in [3.8, 4) is 0 Å². The zero-order chi connectivity index (χ0) is 13.7. The number of hydrogen-bond acceptors (Lipinski definition) is 2. The predicted molar refractivity (Wildman–Crippen MR) is 84.5 cm³/mol. The average molecular weight is 264 g/mol. The molecule has 2 nitrogen and oxygen atoms in total. The number of nitrogens with zero attached hydrogens (tertiary/aromatic N) is 1. The lowest BCUT2D eigenvalue weighted by Crippen LogP contribution is -2.50. The Balaban J connectivity index is 1.95. The van der Waals surface area contributed by atoms with Gasteiger partial charge < -0.3 is 10.2 Å². The van der Waals surface area contributed by atoms with Crippen LogP contribution in [-0.4, -0.2) is 6.17 Å². The van der Waals surface area contributed by atoms with Gasteiger partial charge in [0, 0.05) is 11.1 Å².